The summed E-state index contributed by atoms with van der Waals surface area (Å²) in [5.74, 6) is 0.0695. The molecule has 1 aromatic heterocycles. The standard InChI is InChI=1S/C13H20N2OS.CH4.H2/c1-11-5-6-12(17-11)13(16)14-7-10-15-8-3-2-4-9-15;;/h5-6H,2-4,7-10H2,1H3,(H,14,16);1H4;1H. The Kier molecular flexibility index (Phi) is 6.36. The molecule has 4 heteroatoms. The monoisotopic (exact) mass is 270 g/mol. The number of hydrogen-bond acceptors (Lipinski definition) is 3. The Balaban J connectivity index is 0.00000162. The maximum absolute atomic E-state index is 11.8. The quantitative estimate of drug-likeness (QED) is 0.911. The van der Waals surface area contributed by atoms with Gasteiger partial charge in [0, 0.05) is 19.4 Å². The number of nitrogens with one attached hydrogen (secondary N) is 1. The van der Waals surface area contributed by atoms with Crippen LogP contribution >= 0.6 is 11.3 Å². The first-order valence-electron chi connectivity index (χ1n) is 6.33. The Morgan fingerprint density at radius 2 is 2.11 bits per heavy atom. The van der Waals surface area contributed by atoms with E-state index in [4.69, 9.17) is 0 Å². The van der Waals surface area contributed by atoms with Crippen LogP contribution in [0.2, 0.25) is 0 Å². The van der Waals surface area contributed by atoms with Gasteiger partial charge in [0.05, 0.1) is 4.88 Å². The molecule has 0 bridgehead atoms. The van der Waals surface area contributed by atoms with E-state index in [1.54, 1.807) is 11.3 Å². The van der Waals surface area contributed by atoms with Crippen LogP contribution < -0.4 is 5.32 Å². The summed E-state index contributed by atoms with van der Waals surface area (Å²) >= 11 is 1.56. The predicted molar refractivity (Wildman–Crippen MR) is 80.5 cm³/mol. The molecule has 1 fully saturated rings. The molecule has 1 N–H and O–H groups in total. The minimum Gasteiger partial charge on any atom is -0.350 e. The van der Waals surface area contributed by atoms with E-state index >= 15 is 0 Å². The van der Waals surface area contributed by atoms with Crippen molar-refractivity contribution in [2.24, 2.45) is 0 Å². The fourth-order valence-electron chi connectivity index (χ4n) is 2.15. The molecule has 0 unspecified atom stereocenters. The molecule has 2 rings (SSSR count). The van der Waals surface area contributed by atoms with Crippen molar-refractivity contribution < 1.29 is 6.22 Å². The van der Waals surface area contributed by atoms with Crippen LogP contribution in [0.3, 0.4) is 0 Å². The third-order valence-electron chi connectivity index (χ3n) is 3.13. The van der Waals surface area contributed by atoms with Crippen LogP contribution in [0.25, 0.3) is 0 Å². The zero-order chi connectivity index (χ0) is 12.1. The second-order valence-corrected chi connectivity index (χ2v) is 5.86. The lowest BCUT2D eigenvalue weighted by Gasteiger charge is -2.26. The summed E-state index contributed by atoms with van der Waals surface area (Å²) in [4.78, 5) is 16.2. The van der Waals surface area contributed by atoms with Crippen LogP contribution in [0.5, 0.6) is 0 Å². The van der Waals surface area contributed by atoms with Crippen LogP contribution in [0.15, 0.2) is 12.1 Å². The first kappa shape index (κ1) is 15.2. The summed E-state index contributed by atoms with van der Waals surface area (Å²) in [6.07, 6.45) is 3.97. The smallest absolute Gasteiger partial charge is 0.261 e. The molecule has 0 saturated carbocycles. The van der Waals surface area contributed by atoms with Gasteiger partial charge in [0.1, 0.15) is 0 Å². The summed E-state index contributed by atoms with van der Waals surface area (Å²) in [6.45, 7) is 6.14. The van der Waals surface area contributed by atoms with E-state index in [-0.39, 0.29) is 14.8 Å². The fourth-order valence-corrected chi connectivity index (χ4v) is 2.94. The van der Waals surface area contributed by atoms with Crippen LogP contribution in [-0.4, -0.2) is 37.0 Å². The molecule has 0 spiro atoms. The van der Waals surface area contributed by atoms with Crippen LogP contribution in [0.4, 0.5) is 0 Å². The van der Waals surface area contributed by atoms with Gasteiger partial charge in [-0.3, -0.25) is 4.79 Å². The minimum atomic E-state index is 0. The normalized spacial score (nSPS) is 16.1. The van der Waals surface area contributed by atoms with Crippen molar-refractivity contribution in [3.63, 3.8) is 0 Å². The number of aryl methyl sites for hydroxylation is 1. The van der Waals surface area contributed by atoms with E-state index in [9.17, 15) is 4.79 Å². The molecule has 0 aromatic carbocycles. The Hall–Kier alpha value is -0.870. The molecular formula is C14H26N2OS. The molecule has 0 aliphatic carbocycles. The number of amides is 1. The minimum absolute atomic E-state index is 0. The maximum Gasteiger partial charge on any atom is 0.261 e. The van der Waals surface area contributed by atoms with Gasteiger partial charge in [-0.25, -0.2) is 0 Å². The zero-order valence-electron chi connectivity index (χ0n) is 10.4. The number of thiophene rings is 1. The summed E-state index contributed by atoms with van der Waals surface area (Å²) in [6, 6.07) is 3.89. The largest absolute Gasteiger partial charge is 0.350 e. The highest BCUT2D eigenvalue weighted by Gasteiger charge is 2.11. The van der Waals surface area contributed by atoms with Crippen molar-refractivity contribution in [1.82, 2.24) is 10.2 Å². The molecule has 0 radical (unpaired) electrons. The van der Waals surface area contributed by atoms with Gasteiger partial charge in [-0.2, -0.15) is 0 Å². The Labute approximate surface area is 116 Å². The average molecular weight is 270 g/mol. The van der Waals surface area contributed by atoms with Gasteiger partial charge >= 0.3 is 0 Å². The van der Waals surface area contributed by atoms with Crippen LogP contribution in [0.1, 0.15) is 42.7 Å². The molecule has 1 saturated heterocycles. The fraction of sp³-hybridized carbons (Fsp3) is 0.643. The van der Waals surface area contributed by atoms with Gasteiger partial charge in [-0.05, 0) is 45.0 Å². The van der Waals surface area contributed by atoms with E-state index in [1.807, 2.05) is 19.1 Å². The summed E-state index contributed by atoms with van der Waals surface area (Å²) in [5.41, 5.74) is 0. The molecule has 3 nitrogen and oxygen atoms in total. The van der Waals surface area contributed by atoms with Gasteiger partial charge in [0.25, 0.3) is 5.91 Å². The molecule has 2 heterocycles. The summed E-state index contributed by atoms with van der Waals surface area (Å²) in [7, 11) is 0. The number of piperidine rings is 1. The van der Waals surface area contributed by atoms with E-state index in [0.29, 0.717) is 0 Å². The summed E-state index contributed by atoms with van der Waals surface area (Å²) in [5, 5.41) is 2.99. The molecule has 104 valence electrons. The van der Waals surface area contributed by atoms with Crippen molar-refractivity contribution in [2.75, 3.05) is 26.2 Å². The lowest BCUT2D eigenvalue weighted by Crippen LogP contribution is -2.37. The van der Waals surface area contributed by atoms with Crippen molar-refractivity contribution in [3.8, 4) is 0 Å². The molecule has 1 aliphatic heterocycles. The topological polar surface area (TPSA) is 32.3 Å². The summed E-state index contributed by atoms with van der Waals surface area (Å²) < 4.78 is 0. The van der Waals surface area contributed by atoms with Gasteiger partial charge in [0.15, 0.2) is 0 Å². The number of carbonyl (C=O) groups excluding carboxylic acids is 1. The second-order valence-electron chi connectivity index (χ2n) is 4.57. The highest BCUT2D eigenvalue weighted by molar-refractivity contribution is 7.13. The number of likely N-dealkylation sites (tertiary alicyclic amines) is 1. The Morgan fingerprint density at radius 1 is 1.39 bits per heavy atom. The third kappa shape index (κ3) is 4.42. The second kappa shape index (κ2) is 7.54. The van der Waals surface area contributed by atoms with E-state index < -0.39 is 0 Å². The van der Waals surface area contributed by atoms with Gasteiger partial charge in [-0.15, -0.1) is 11.3 Å². The number of rotatable bonds is 4. The van der Waals surface area contributed by atoms with E-state index in [0.717, 1.165) is 18.0 Å². The van der Waals surface area contributed by atoms with E-state index in [1.165, 1.54) is 37.2 Å². The highest BCUT2D eigenvalue weighted by atomic mass is 32.1. The molecule has 1 aliphatic rings. The molecule has 18 heavy (non-hydrogen) atoms. The van der Waals surface area contributed by atoms with Crippen molar-refractivity contribution in [1.29, 1.82) is 0 Å². The van der Waals surface area contributed by atoms with Crippen molar-refractivity contribution in [2.45, 2.75) is 33.6 Å². The van der Waals surface area contributed by atoms with Crippen LogP contribution in [0, 0.1) is 6.92 Å². The SMILES string of the molecule is C.Cc1ccc(C(=O)NCCN2CCCCC2)s1.[HH]. The van der Waals surface area contributed by atoms with Crippen molar-refractivity contribution >= 4 is 17.2 Å². The Morgan fingerprint density at radius 3 is 2.72 bits per heavy atom. The van der Waals surface area contributed by atoms with Crippen molar-refractivity contribution in [3.05, 3.63) is 21.9 Å². The number of nitrogens with zero attached hydrogens (tertiary/aromatic N) is 1. The lowest BCUT2D eigenvalue weighted by molar-refractivity contribution is 0.0950. The molecule has 1 amide bonds. The highest BCUT2D eigenvalue weighted by Crippen LogP contribution is 2.14. The number of hydrogen-bond donors (Lipinski definition) is 1. The van der Waals surface area contributed by atoms with E-state index in [2.05, 4.69) is 10.2 Å². The third-order valence-corrected chi connectivity index (χ3v) is 4.13. The first-order chi connectivity index (χ1) is 8.25. The predicted octanol–water partition coefficient (Wildman–Crippen LogP) is 3.15. The molecule has 1 aromatic rings. The molecule has 0 atom stereocenters. The zero-order valence-corrected chi connectivity index (χ0v) is 11.2. The Bertz CT molecular complexity index is 375. The average Bonchev–Trinajstić information content (AvgIpc) is 2.77. The number of carbonyl (C=O) groups is 1. The lowest BCUT2D eigenvalue weighted by atomic mass is 10.1. The van der Waals surface area contributed by atoms with Crippen LogP contribution in [-0.2, 0) is 0 Å². The van der Waals surface area contributed by atoms with Gasteiger partial charge in [-0.1, -0.05) is 13.8 Å². The maximum atomic E-state index is 11.8. The van der Waals surface area contributed by atoms with Gasteiger partial charge < -0.3 is 10.2 Å². The van der Waals surface area contributed by atoms with Gasteiger partial charge in [0.2, 0.25) is 0 Å². The molecular weight excluding hydrogens is 244 g/mol. The first-order valence-corrected chi connectivity index (χ1v) is 7.14.